The number of fused-ring (bicyclic) bond motifs is 1. The summed E-state index contributed by atoms with van der Waals surface area (Å²) >= 11 is 0. The number of benzene rings is 3. The van der Waals surface area contributed by atoms with Crippen molar-refractivity contribution in [3.05, 3.63) is 89.1 Å². The first kappa shape index (κ1) is 31.0. The first-order valence-electron chi connectivity index (χ1n) is 15.4. The fourth-order valence-electron chi connectivity index (χ4n) is 6.33. The summed E-state index contributed by atoms with van der Waals surface area (Å²) in [6.45, 7) is 2.42. The summed E-state index contributed by atoms with van der Waals surface area (Å²) in [5.74, 6) is 0.950. The van der Waals surface area contributed by atoms with Gasteiger partial charge in [-0.3, -0.25) is 9.59 Å². The molecule has 1 aliphatic rings. The van der Waals surface area contributed by atoms with Gasteiger partial charge in [-0.25, -0.2) is 0 Å². The van der Waals surface area contributed by atoms with Crippen molar-refractivity contribution >= 4 is 22.7 Å². The second kappa shape index (κ2) is 14.3. The van der Waals surface area contributed by atoms with Crippen molar-refractivity contribution in [2.45, 2.75) is 64.0 Å². The van der Waals surface area contributed by atoms with Gasteiger partial charge in [0.05, 0.1) is 27.8 Å². The van der Waals surface area contributed by atoms with Crippen molar-refractivity contribution < 1.29 is 23.8 Å². The van der Waals surface area contributed by atoms with Crippen LogP contribution in [0.25, 0.3) is 10.9 Å². The molecule has 1 atom stereocenters. The Morgan fingerprint density at radius 2 is 1.59 bits per heavy atom. The molecule has 0 bridgehead atoms. The van der Waals surface area contributed by atoms with E-state index in [2.05, 4.69) is 29.4 Å². The van der Waals surface area contributed by atoms with Crippen LogP contribution in [-0.2, 0) is 22.4 Å². The Morgan fingerprint density at radius 3 is 2.27 bits per heavy atom. The van der Waals surface area contributed by atoms with Crippen LogP contribution in [0, 0.1) is 6.92 Å². The fraction of sp³-hybridized carbons (Fsp3) is 0.389. The topological polar surface area (TPSA) is 92.9 Å². The van der Waals surface area contributed by atoms with Crippen molar-refractivity contribution in [2.24, 2.45) is 0 Å². The van der Waals surface area contributed by atoms with Gasteiger partial charge in [-0.2, -0.15) is 0 Å². The van der Waals surface area contributed by atoms with E-state index in [4.69, 9.17) is 14.2 Å². The molecular weight excluding hydrogens is 554 g/mol. The maximum absolute atomic E-state index is 14.4. The number of carbonyl (C=O) groups is 2. The molecule has 0 aliphatic heterocycles. The predicted molar refractivity (Wildman–Crippen MR) is 172 cm³/mol. The van der Waals surface area contributed by atoms with E-state index in [0.29, 0.717) is 35.8 Å². The lowest BCUT2D eigenvalue weighted by molar-refractivity contribution is -0.140. The molecule has 1 aromatic heterocycles. The van der Waals surface area contributed by atoms with Gasteiger partial charge in [-0.1, -0.05) is 61.7 Å². The minimum absolute atomic E-state index is 0.0720. The smallest absolute Gasteiger partial charge is 0.247 e. The number of para-hydroxylation sites is 1. The van der Waals surface area contributed by atoms with E-state index in [1.807, 2.05) is 42.6 Å². The van der Waals surface area contributed by atoms with Crippen LogP contribution in [0.15, 0.2) is 66.9 Å². The number of carbonyl (C=O) groups excluding carboxylic acids is 2. The van der Waals surface area contributed by atoms with Crippen LogP contribution < -0.4 is 19.5 Å². The molecule has 1 aliphatic carbocycles. The molecule has 44 heavy (non-hydrogen) atoms. The number of amides is 2. The third-order valence-electron chi connectivity index (χ3n) is 8.73. The lowest BCUT2D eigenvalue weighted by Crippen LogP contribution is -2.48. The molecule has 2 amide bonds. The second-order valence-electron chi connectivity index (χ2n) is 11.5. The largest absolute Gasteiger partial charge is 0.493 e. The number of aromatic nitrogens is 1. The van der Waals surface area contributed by atoms with E-state index >= 15 is 0 Å². The number of hydrogen-bond donors (Lipinski definition) is 2. The Labute approximate surface area is 259 Å². The van der Waals surface area contributed by atoms with Crippen molar-refractivity contribution in [2.75, 3.05) is 27.9 Å². The number of rotatable bonds is 12. The number of aryl methyl sites for hydroxylation is 1. The third-order valence-corrected chi connectivity index (χ3v) is 8.73. The highest BCUT2D eigenvalue weighted by Gasteiger charge is 2.34. The molecule has 232 valence electrons. The number of nitrogens with one attached hydrogen (secondary N) is 2. The van der Waals surface area contributed by atoms with Gasteiger partial charge < -0.3 is 29.4 Å². The highest BCUT2D eigenvalue weighted by atomic mass is 16.5. The van der Waals surface area contributed by atoms with Gasteiger partial charge in [-0.15, -0.1) is 0 Å². The molecule has 5 rings (SSSR count). The zero-order valence-corrected chi connectivity index (χ0v) is 26.2. The first-order valence-corrected chi connectivity index (χ1v) is 15.4. The van der Waals surface area contributed by atoms with Crippen molar-refractivity contribution in [1.29, 1.82) is 0 Å². The van der Waals surface area contributed by atoms with Gasteiger partial charge in [0.15, 0.2) is 11.5 Å². The van der Waals surface area contributed by atoms with Gasteiger partial charge in [-0.05, 0) is 66.6 Å². The lowest BCUT2D eigenvalue weighted by Gasteiger charge is -2.34. The van der Waals surface area contributed by atoms with Crippen LogP contribution >= 0.6 is 0 Å². The Kier molecular flexibility index (Phi) is 10.1. The van der Waals surface area contributed by atoms with Gasteiger partial charge >= 0.3 is 0 Å². The molecule has 3 aromatic carbocycles. The molecule has 0 spiro atoms. The Bertz CT molecular complexity index is 1560. The molecule has 0 radical (unpaired) electrons. The summed E-state index contributed by atoms with van der Waals surface area (Å²) in [6, 6.07) is 18.8. The van der Waals surface area contributed by atoms with Crippen LogP contribution in [0.1, 0.15) is 60.4 Å². The monoisotopic (exact) mass is 597 g/mol. The number of ether oxygens (including phenoxy) is 3. The average molecular weight is 598 g/mol. The zero-order valence-electron chi connectivity index (χ0n) is 26.2. The summed E-state index contributed by atoms with van der Waals surface area (Å²) in [4.78, 5) is 33.8. The maximum atomic E-state index is 14.4. The van der Waals surface area contributed by atoms with Crippen molar-refractivity contribution in [1.82, 2.24) is 15.2 Å². The first-order chi connectivity index (χ1) is 21.4. The number of aromatic amines is 1. The predicted octanol–water partition coefficient (Wildman–Crippen LogP) is 6.31. The molecule has 8 nitrogen and oxygen atoms in total. The van der Waals surface area contributed by atoms with E-state index in [-0.39, 0.29) is 24.3 Å². The number of hydrogen-bond acceptors (Lipinski definition) is 5. The van der Waals surface area contributed by atoms with Crippen LogP contribution in [0.5, 0.6) is 17.2 Å². The molecular formula is C36H43N3O5. The van der Waals surface area contributed by atoms with Crippen molar-refractivity contribution in [3.63, 3.8) is 0 Å². The minimum atomic E-state index is -0.910. The summed E-state index contributed by atoms with van der Waals surface area (Å²) in [5, 5.41) is 4.30. The highest BCUT2D eigenvalue weighted by molar-refractivity contribution is 5.93. The third kappa shape index (κ3) is 6.85. The molecule has 0 saturated heterocycles. The van der Waals surface area contributed by atoms with Gasteiger partial charge in [0.1, 0.15) is 6.04 Å². The Morgan fingerprint density at radius 1 is 0.909 bits per heavy atom. The molecule has 4 aromatic rings. The standard InChI is InChI=1S/C36H43N3O5/c1-24-12-8-9-13-25(24)18-19-39(33(40)22-27-23-37-30-17-11-10-16-29(27)30)34(36(41)38-28-14-6-5-7-15-28)26-20-31(42-2)35(44-4)32(21-26)43-3/h8-13,16-17,20-21,23,28,34,37H,5-7,14-15,18-19,22H2,1-4H3,(H,38,41)/t34-/m0/s1. The fourth-order valence-corrected chi connectivity index (χ4v) is 6.33. The van der Waals surface area contributed by atoms with Gasteiger partial charge in [0, 0.05) is 29.7 Å². The molecule has 0 unspecified atom stereocenters. The van der Waals surface area contributed by atoms with Crippen LogP contribution in [0.3, 0.4) is 0 Å². The second-order valence-corrected chi connectivity index (χ2v) is 11.5. The summed E-state index contributed by atoms with van der Waals surface area (Å²) in [7, 11) is 4.65. The average Bonchev–Trinajstić information content (AvgIpc) is 3.45. The number of H-pyrrole nitrogens is 1. The normalized spacial score (nSPS) is 14.2. The van der Waals surface area contributed by atoms with Crippen LogP contribution in [0.2, 0.25) is 0 Å². The molecule has 1 saturated carbocycles. The van der Waals surface area contributed by atoms with E-state index in [1.54, 1.807) is 38.4 Å². The van der Waals surface area contributed by atoms with Crippen LogP contribution in [-0.4, -0.2) is 55.6 Å². The summed E-state index contributed by atoms with van der Waals surface area (Å²) < 4.78 is 16.9. The van der Waals surface area contributed by atoms with Gasteiger partial charge in [0.25, 0.3) is 0 Å². The van der Waals surface area contributed by atoms with E-state index < -0.39 is 6.04 Å². The van der Waals surface area contributed by atoms with E-state index in [1.165, 1.54) is 6.42 Å². The zero-order chi connectivity index (χ0) is 31.1. The summed E-state index contributed by atoms with van der Waals surface area (Å²) in [6.07, 6.45) is 7.83. The minimum Gasteiger partial charge on any atom is -0.493 e. The molecule has 2 N–H and O–H groups in total. The van der Waals surface area contributed by atoms with Crippen LogP contribution in [0.4, 0.5) is 0 Å². The maximum Gasteiger partial charge on any atom is 0.247 e. The Balaban J connectivity index is 1.58. The number of methoxy groups -OCH3 is 3. The summed E-state index contributed by atoms with van der Waals surface area (Å²) in [5.41, 5.74) is 4.74. The highest BCUT2D eigenvalue weighted by Crippen LogP contribution is 2.41. The molecule has 1 fully saturated rings. The van der Waals surface area contributed by atoms with E-state index in [0.717, 1.165) is 53.3 Å². The molecule has 1 heterocycles. The van der Waals surface area contributed by atoms with Gasteiger partial charge in [0.2, 0.25) is 17.6 Å². The Hall–Kier alpha value is -4.46. The molecule has 8 heteroatoms. The number of nitrogens with zero attached hydrogens (tertiary/aromatic N) is 1. The van der Waals surface area contributed by atoms with E-state index in [9.17, 15) is 9.59 Å². The lowest BCUT2D eigenvalue weighted by atomic mass is 9.94. The quantitative estimate of drug-likeness (QED) is 0.200. The van der Waals surface area contributed by atoms with Crippen molar-refractivity contribution in [3.8, 4) is 17.2 Å². The SMILES string of the molecule is COc1cc([C@@H](C(=O)NC2CCCCC2)N(CCc2ccccc2C)C(=O)Cc2c[nH]c3ccccc23)cc(OC)c1OC.